The van der Waals surface area contributed by atoms with Crippen molar-refractivity contribution in [1.82, 2.24) is 31.9 Å². The van der Waals surface area contributed by atoms with Crippen LogP contribution in [-0.2, 0) is 35.3 Å². The van der Waals surface area contributed by atoms with Gasteiger partial charge in [-0.05, 0) is 88.5 Å². The molecule has 2 aromatic carbocycles. The number of amides is 6. The third kappa shape index (κ3) is 43.9. The summed E-state index contributed by atoms with van der Waals surface area (Å²) < 4.78 is 3.61. The number of thiazole rings is 1. The molecule has 2 atom stereocenters. The van der Waals surface area contributed by atoms with Gasteiger partial charge in [0, 0.05) is 81.9 Å². The lowest BCUT2D eigenvalue weighted by Gasteiger charge is -2.20. The van der Waals surface area contributed by atoms with Gasteiger partial charge in [-0.3, -0.25) is 28.8 Å². The molecule has 6 amide bonds. The highest BCUT2D eigenvalue weighted by Crippen LogP contribution is 2.46. The number of para-hydroxylation sites is 2. The van der Waals surface area contributed by atoms with E-state index < -0.39 is 12.1 Å². The van der Waals surface area contributed by atoms with Crippen molar-refractivity contribution in [3.63, 3.8) is 0 Å². The number of hydrogen-bond donors (Lipinski definition) is 6. The number of nitrogens with zero attached hydrogens (tertiary/aromatic N) is 2. The van der Waals surface area contributed by atoms with Crippen molar-refractivity contribution in [2.45, 2.75) is 385 Å². The Morgan fingerprint density at radius 3 is 1.20 bits per heavy atom. The monoisotopic (exact) mass is 1460 g/mol. The number of hydrogen-bond acceptors (Lipinski definition) is 9. The molecular weight excluding hydrogens is 1320 g/mol. The molecule has 16 heteroatoms. The number of aryl methyl sites for hydroxylation is 1. The van der Waals surface area contributed by atoms with Crippen molar-refractivity contribution in [2.24, 2.45) is 0 Å². The van der Waals surface area contributed by atoms with Crippen molar-refractivity contribution in [3.05, 3.63) is 70.7 Å². The molecule has 1 aromatic heterocycles. The number of carbonyl (C=O) groups is 6. The molecule has 0 saturated heterocycles. The summed E-state index contributed by atoms with van der Waals surface area (Å²) in [5.41, 5.74) is 2.37. The Bertz CT molecular complexity index is 2770. The normalized spacial score (nSPS) is 13.0. The lowest BCUT2D eigenvalue weighted by atomic mass is 10.1. The van der Waals surface area contributed by atoms with Gasteiger partial charge < -0.3 is 36.8 Å². The van der Waals surface area contributed by atoms with Crippen molar-refractivity contribution < 1.29 is 33.3 Å². The molecule has 103 heavy (non-hydrogen) atoms. The second-order valence-corrected chi connectivity index (χ2v) is 31.7. The van der Waals surface area contributed by atoms with Gasteiger partial charge in [-0.15, -0.1) is 0 Å². The van der Waals surface area contributed by atoms with Crippen LogP contribution in [0, 0.1) is 0 Å². The molecule has 0 bridgehead atoms. The van der Waals surface area contributed by atoms with Crippen molar-refractivity contribution >= 4 is 80.5 Å². The van der Waals surface area contributed by atoms with Crippen LogP contribution in [0.2, 0.25) is 0 Å². The Morgan fingerprint density at radius 2 is 0.767 bits per heavy atom. The fourth-order valence-corrected chi connectivity index (χ4v) is 16.1. The Kier molecular flexibility index (Phi) is 54.2. The average molecular weight is 1470 g/mol. The summed E-state index contributed by atoms with van der Waals surface area (Å²) in [6.07, 6.45) is 62.2. The molecular formula is C87H147N8O6S2+. The minimum Gasteiger partial charge on any atom is -0.356 e. The van der Waals surface area contributed by atoms with E-state index in [1.807, 2.05) is 0 Å². The quantitative estimate of drug-likeness (QED) is 0.0238. The SMILES string of the molecule is CCCCCCCCCCCCNC(=O)CCC(NC(=O)CCCCCN1C(=CC=Cc2sc3ccccc3[n+]2CCCCCC(=O)NC(CCC(=O)NCCCCCCCCCCCC)C(=O)NCCCCCCCCCCCC)Sc2ccccc21)C(=O)NCCCCCCCCCCCC. The van der Waals surface area contributed by atoms with Crippen LogP contribution in [0.3, 0.4) is 0 Å². The van der Waals surface area contributed by atoms with Gasteiger partial charge in [0.05, 0.1) is 10.7 Å². The van der Waals surface area contributed by atoms with E-state index in [1.165, 1.54) is 226 Å². The number of allylic oxidation sites excluding steroid dienone is 2. The fraction of sp³-hybridized carbons (Fsp3) is 0.736. The van der Waals surface area contributed by atoms with E-state index in [4.69, 9.17) is 0 Å². The van der Waals surface area contributed by atoms with Gasteiger partial charge >= 0.3 is 0 Å². The van der Waals surface area contributed by atoms with Crippen LogP contribution in [0.25, 0.3) is 16.3 Å². The highest BCUT2D eigenvalue weighted by atomic mass is 32.2. The zero-order chi connectivity index (χ0) is 73.7. The van der Waals surface area contributed by atoms with Gasteiger partial charge in [0.2, 0.25) is 41.0 Å². The molecule has 0 radical (unpaired) electrons. The van der Waals surface area contributed by atoms with Crippen molar-refractivity contribution in [3.8, 4) is 0 Å². The van der Waals surface area contributed by atoms with Crippen molar-refractivity contribution in [2.75, 3.05) is 37.6 Å². The standard InChI is InChI=1S/C87H146N8O6S2/c1-5-9-13-17-21-25-29-33-37-49-68-88-80(96)66-64-74(86(100)90-70-51-39-35-31-27-23-19-15-11-7-3)92-82(98)60-43-41-53-72-94-76-56-45-47-58-78(76)102-84(94)62-55-63-85-95(77-57-46-48-59-79(77)103-85)73-54-42-44-61-83(99)93-75(87(101)91-71-52-40-36-32-28-24-20-16-12-8-4)65-67-81(97)89-69-50-38-34-30-26-22-18-14-10-6-2/h45-48,55-59,62-63,74-75H,5-44,49-54,60-61,64-73H2,1-4H3,(H5-,88,89,90,91,92,93,96,97,98,99,100,101)/p+1. The largest absolute Gasteiger partial charge is 0.356 e. The number of nitrogens with one attached hydrogen (secondary N) is 6. The van der Waals surface area contributed by atoms with Crippen LogP contribution in [0.15, 0.2) is 70.6 Å². The number of carbonyl (C=O) groups excluding carboxylic acids is 6. The Balaban J connectivity index is 1.26. The first-order valence-corrected chi connectivity index (χ1v) is 44.2. The molecule has 2 heterocycles. The third-order valence-corrected chi connectivity index (χ3v) is 22.6. The van der Waals surface area contributed by atoms with E-state index in [-0.39, 0.29) is 61.1 Å². The molecule has 1 aliphatic heterocycles. The van der Waals surface area contributed by atoms with E-state index in [2.05, 4.69) is 136 Å². The zero-order valence-electron chi connectivity index (χ0n) is 65.7. The summed E-state index contributed by atoms with van der Waals surface area (Å²) in [6.45, 7) is 13.0. The number of benzene rings is 2. The number of aromatic nitrogens is 1. The number of unbranched alkanes of at least 4 members (excludes halogenated alkanes) is 40. The summed E-state index contributed by atoms with van der Waals surface area (Å²) in [5.74, 6) is -0.834. The highest BCUT2D eigenvalue weighted by molar-refractivity contribution is 8.03. The van der Waals surface area contributed by atoms with Gasteiger partial charge in [0.25, 0.3) is 5.01 Å². The second kappa shape index (κ2) is 61.9. The predicted molar refractivity (Wildman–Crippen MR) is 437 cm³/mol. The van der Waals surface area contributed by atoms with Crippen molar-refractivity contribution in [1.29, 1.82) is 0 Å². The number of thioether (sulfide) groups is 1. The molecule has 6 N–H and O–H groups in total. The van der Waals surface area contributed by atoms with Crippen LogP contribution in [0.5, 0.6) is 0 Å². The molecule has 0 aliphatic carbocycles. The van der Waals surface area contributed by atoms with E-state index in [0.717, 1.165) is 100 Å². The van der Waals surface area contributed by atoms with Crippen LogP contribution >= 0.6 is 23.1 Å². The summed E-state index contributed by atoms with van der Waals surface area (Å²) >= 11 is 3.55. The van der Waals surface area contributed by atoms with Crippen LogP contribution in [-0.4, -0.2) is 80.3 Å². The number of anilines is 1. The molecule has 582 valence electrons. The lowest BCUT2D eigenvalue weighted by Crippen LogP contribution is -2.47. The molecule has 0 fully saturated rings. The first kappa shape index (κ1) is 90.2. The molecule has 14 nitrogen and oxygen atoms in total. The summed E-state index contributed by atoms with van der Waals surface area (Å²) in [6, 6.07) is 15.6. The van der Waals surface area contributed by atoms with E-state index in [0.29, 0.717) is 51.9 Å². The summed E-state index contributed by atoms with van der Waals surface area (Å²) in [7, 11) is 0. The van der Waals surface area contributed by atoms with Crippen LogP contribution < -0.4 is 41.4 Å². The molecule has 0 spiro atoms. The summed E-state index contributed by atoms with van der Waals surface area (Å²) in [4.78, 5) is 84.1. The van der Waals surface area contributed by atoms with Crippen LogP contribution in [0.4, 0.5) is 5.69 Å². The highest BCUT2D eigenvalue weighted by Gasteiger charge is 2.27. The van der Waals surface area contributed by atoms with E-state index in [9.17, 15) is 28.8 Å². The second-order valence-electron chi connectivity index (χ2n) is 29.6. The predicted octanol–water partition coefficient (Wildman–Crippen LogP) is 21.5. The minimum atomic E-state index is -0.752. The average Bonchev–Trinajstić information content (AvgIpc) is 1.67. The molecule has 1 aliphatic rings. The molecule has 3 aromatic rings. The third-order valence-electron chi connectivity index (χ3n) is 20.3. The van der Waals surface area contributed by atoms with E-state index >= 15 is 0 Å². The molecule has 2 unspecified atom stereocenters. The van der Waals surface area contributed by atoms with Crippen LogP contribution in [0.1, 0.15) is 367 Å². The Labute approximate surface area is 635 Å². The first-order chi connectivity index (χ1) is 50.6. The van der Waals surface area contributed by atoms with Gasteiger partial charge in [-0.2, -0.15) is 4.57 Å². The maximum atomic E-state index is 13.6. The fourth-order valence-electron chi connectivity index (χ4n) is 13.9. The summed E-state index contributed by atoms with van der Waals surface area (Å²) in [5, 5.41) is 20.7. The molecule has 4 rings (SSSR count). The number of fused-ring (bicyclic) bond motifs is 2. The first-order valence-electron chi connectivity index (χ1n) is 42.6. The Hall–Kier alpha value is -5.22. The Morgan fingerprint density at radius 1 is 0.398 bits per heavy atom. The smallest absolute Gasteiger partial charge is 0.262 e. The maximum Gasteiger partial charge on any atom is 0.262 e. The lowest BCUT2D eigenvalue weighted by molar-refractivity contribution is -0.669. The van der Waals surface area contributed by atoms with Gasteiger partial charge in [0.1, 0.15) is 16.8 Å². The molecule has 0 saturated carbocycles. The van der Waals surface area contributed by atoms with Gasteiger partial charge in [0.15, 0.2) is 6.54 Å². The minimum absolute atomic E-state index is 0.0669. The zero-order valence-corrected chi connectivity index (χ0v) is 67.3. The van der Waals surface area contributed by atoms with E-state index in [1.54, 1.807) is 23.1 Å². The van der Waals surface area contributed by atoms with Gasteiger partial charge in [-0.1, -0.05) is 319 Å². The maximum absolute atomic E-state index is 13.6. The van der Waals surface area contributed by atoms with Gasteiger partial charge in [-0.25, -0.2) is 0 Å². The topological polar surface area (TPSA) is 182 Å². The number of rotatable bonds is 68.